The number of nitrogens with one attached hydrogen (secondary N) is 3. The van der Waals surface area contributed by atoms with Crippen LogP contribution < -0.4 is 16.0 Å². The molecule has 148 valence electrons. The maximum absolute atomic E-state index is 12.2. The Hall–Kier alpha value is -3.31. The molecule has 0 heterocycles. The van der Waals surface area contributed by atoms with Gasteiger partial charge in [-0.1, -0.05) is 48.0 Å². The van der Waals surface area contributed by atoms with Gasteiger partial charge in [0.15, 0.2) is 0 Å². The zero-order valence-electron chi connectivity index (χ0n) is 16.0. The molecular formula is C23H22ClN3O2. The molecule has 0 aromatic heterocycles. The topological polar surface area (TPSA) is 70.2 Å². The Labute approximate surface area is 175 Å². The zero-order valence-corrected chi connectivity index (χ0v) is 16.8. The number of carbonyl (C=O) groups excluding carboxylic acids is 2. The van der Waals surface area contributed by atoms with Gasteiger partial charge in [-0.15, -0.1) is 0 Å². The Balaban J connectivity index is 1.47. The van der Waals surface area contributed by atoms with Crippen LogP contribution in [0.1, 0.15) is 21.5 Å². The maximum Gasteiger partial charge on any atom is 0.251 e. The van der Waals surface area contributed by atoms with Gasteiger partial charge in [-0.05, 0) is 54.4 Å². The number of halogens is 1. The monoisotopic (exact) mass is 407 g/mol. The van der Waals surface area contributed by atoms with E-state index in [9.17, 15) is 9.59 Å². The Kier molecular flexibility index (Phi) is 6.87. The molecule has 0 aliphatic heterocycles. The second kappa shape index (κ2) is 9.75. The van der Waals surface area contributed by atoms with Crippen molar-refractivity contribution >= 4 is 34.8 Å². The molecular weight excluding hydrogens is 386 g/mol. The van der Waals surface area contributed by atoms with Crippen LogP contribution in [0.5, 0.6) is 0 Å². The molecule has 5 nitrogen and oxygen atoms in total. The molecule has 0 radical (unpaired) electrons. The lowest BCUT2D eigenvalue weighted by Gasteiger charge is -2.10. The molecule has 3 N–H and O–H groups in total. The third kappa shape index (κ3) is 6.09. The summed E-state index contributed by atoms with van der Waals surface area (Å²) in [4.78, 5) is 24.3. The number of aryl methyl sites for hydroxylation is 1. The van der Waals surface area contributed by atoms with Crippen LogP contribution in [0, 0.1) is 6.92 Å². The molecule has 3 aromatic carbocycles. The van der Waals surface area contributed by atoms with Gasteiger partial charge in [0, 0.05) is 28.5 Å². The lowest BCUT2D eigenvalue weighted by molar-refractivity contribution is -0.114. The highest BCUT2D eigenvalue weighted by Crippen LogP contribution is 2.20. The second-order valence-electron chi connectivity index (χ2n) is 6.61. The first-order valence-electron chi connectivity index (χ1n) is 9.23. The lowest BCUT2D eigenvalue weighted by Crippen LogP contribution is -2.23. The van der Waals surface area contributed by atoms with Gasteiger partial charge in [0.25, 0.3) is 5.91 Å². The first kappa shape index (κ1) is 20.4. The van der Waals surface area contributed by atoms with Crippen molar-refractivity contribution in [2.45, 2.75) is 13.5 Å². The molecule has 0 aliphatic carbocycles. The van der Waals surface area contributed by atoms with Crippen molar-refractivity contribution in [3.8, 4) is 0 Å². The normalized spacial score (nSPS) is 10.3. The number of anilines is 2. The Morgan fingerprint density at radius 3 is 2.28 bits per heavy atom. The zero-order chi connectivity index (χ0) is 20.6. The third-order valence-electron chi connectivity index (χ3n) is 4.35. The highest BCUT2D eigenvalue weighted by atomic mass is 35.5. The summed E-state index contributed by atoms with van der Waals surface area (Å²) >= 11 is 6.07. The van der Waals surface area contributed by atoms with Gasteiger partial charge in [-0.25, -0.2) is 0 Å². The largest absolute Gasteiger partial charge is 0.376 e. The van der Waals surface area contributed by atoms with Crippen molar-refractivity contribution in [2.24, 2.45) is 0 Å². The summed E-state index contributed by atoms with van der Waals surface area (Å²) in [7, 11) is 0. The summed E-state index contributed by atoms with van der Waals surface area (Å²) in [6, 6.07) is 22.1. The number of carbonyl (C=O) groups is 2. The van der Waals surface area contributed by atoms with E-state index in [1.54, 1.807) is 30.3 Å². The van der Waals surface area contributed by atoms with Crippen LogP contribution in [-0.4, -0.2) is 18.4 Å². The van der Waals surface area contributed by atoms with Crippen LogP contribution in [0.15, 0.2) is 72.8 Å². The summed E-state index contributed by atoms with van der Waals surface area (Å²) in [6.07, 6.45) is 0. The molecule has 3 rings (SSSR count). The summed E-state index contributed by atoms with van der Waals surface area (Å²) in [5.74, 6) is -0.330. The molecule has 0 unspecified atom stereocenters. The number of hydrogen-bond acceptors (Lipinski definition) is 3. The minimum Gasteiger partial charge on any atom is -0.376 e. The fourth-order valence-electron chi connectivity index (χ4n) is 2.68. The van der Waals surface area contributed by atoms with E-state index in [1.165, 1.54) is 0 Å². The minimum atomic E-state index is -0.186. The van der Waals surface area contributed by atoms with Gasteiger partial charge in [0.2, 0.25) is 5.91 Å². The van der Waals surface area contributed by atoms with Gasteiger partial charge < -0.3 is 16.0 Å². The summed E-state index contributed by atoms with van der Waals surface area (Å²) in [5, 5.41) is 9.32. The van der Waals surface area contributed by atoms with Crippen LogP contribution in [0.4, 0.5) is 11.4 Å². The second-order valence-corrected chi connectivity index (χ2v) is 7.02. The van der Waals surface area contributed by atoms with E-state index in [2.05, 4.69) is 16.0 Å². The van der Waals surface area contributed by atoms with E-state index in [-0.39, 0.29) is 18.4 Å². The van der Waals surface area contributed by atoms with Crippen molar-refractivity contribution in [1.82, 2.24) is 5.32 Å². The van der Waals surface area contributed by atoms with Crippen molar-refractivity contribution in [3.05, 3.63) is 94.5 Å². The fraction of sp³-hybridized carbons (Fsp3) is 0.130. The van der Waals surface area contributed by atoms with Gasteiger partial charge in [0.1, 0.15) is 0 Å². The van der Waals surface area contributed by atoms with E-state index in [0.29, 0.717) is 22.8 Å². The van der Waals surface area contributed by atoms with E-state index in [1.807, 2.05) is 49.4 Å². The fourth-order valence-corrected chi connectivity index (χ4v) is 2.86. The summed E-state index contributed by atoms with van der Waals surface area (Å²) in [5.41, 5.74) is 3.96. The van der Waals surface area contributed by atoms with E-state index in [0.717, 1.165) is 16.8 Å². The molecule has 0 bridgehead atoms. The van der Waals surface area contributed by atoms with Crippen LogP contribution in [0.25, 0.3) is 0 Å². The van der Waals surface area contributed by atoms with Gasteiger partial charge in [-0.2, -0.15) is 0 Å². The molecule has 0 aliphatic rings. The van der Waals surface area contributed by atoms with Crippen molar-refractivity contribution in [2.75, 3.05) is 17.2 Å². The molecule has 3 aromatic rings. The maximum atomic E-state index is 12.2. The van der Waals surface area contributed by atoms with Crippen LogP contribution in [0.3, 0.4) is 0 Å². The molecule has 29 heavy (non-hydrogen) atoms. The molecule has 0 saturated carbocycles. The standard InChI is InChI=1S/C23H22ClN3O2/c1-16-7-10-20(13-21(16)24)27-22(28)15-25-19-11-8-18(9-12-19)23(29)26-14-17-5-3-2-4-6-17/h2-13,25H,14-15H2,1H3,(H,26,29)(H,27,28). The molecule has 6 heteroatoms. The molecule has 0 saturated heterocycles. The third-order valence-corrected chi connectivity index (χ3v) is 4.76. The number of benzene rings is 3. The predicted molar refractivity (Wildman–Crippen MR) is 117 cm³/mol. The average molecular weight is 408 g/mol. The highest BCUT2D eigenvalue weighted by Gasteiger charge is 2.07. The average Bonchev–Trinajstić information content (AvgIpc) is 2.74. The van der Waals surface area contributed by atoms with Crippen LogP contribution >= 0.6 is 11.6 Å². The summed E-state index contributed by atoms with van der Waals surface area (Å²) < 4.78 is 0. The van der Waals surface area contributed by atoms with Gasteiger partial charge in [0.05, 0.1) is 6.54 Å². The lowest BCUT2D eigenvalue weighted by atomic mass is 10.1. The highest BCUT2D eigenvalue weighted by molar-refractivity contribution is 6.31. The minimum absolute atomic E-state index is 0.102. The van der Waals surface area contributed by atoms with Crippen LogP contribution in [-0.2, 0) is 11.3 Å². The SMILES string of the molecule is Cc1ccc(NC(=O)CNc2ccc(C(=O)NCc3ccccc3)cc2)cc1Cl. The van der Waals surface area contributed by atoms with Gasteiger partial charge >= 0.3 is 0 Å². The van der Waals surface area contributed by atoms with E-state index < -0.39 is 0 Å². The summed E-state index contributed by atoms with van der Waals surface area (Å²) in [6.45, 7) is 2.48. The number of amides is 2. The number of rotatable bonds is 7. The van der Waals surface area contributed by atoms with Gasteiger partial charge in [-0.3, -0.25) is 9.59 Å². The van der Waals surface area contributed by atoms with Crippen molar-refractivity contribution in [1.29, 1.82) is 0 Å². The predicted octanol–water partition coefficient (Wildman–Crippen LogP) is 4.63. The molecule has 0 atom stereocenters. The molecule has 2 amide bonds. The Bertz CT molecular complexity index is 989. The van der Waals surface area contributed by atoms with Crippen molar-refractivity contribution < 1.29 is 9.59 Å². The van der Waals surface area contributed by atoms with Crippen molar-refractivity contribution in [3.63, 3.8) is 0 Å². The van der Waals surface area contributed by atoms with Crippen LogP contribution in [0.2, 0.25) is 5.02 Å². The smallest absolute Gasteiger partial charge is 0.251 e. The van der Waals surface area contributed by atoms with E-state index >= 15 is 0 Å². The molecule has 0 fully saturated rings. The quantitative estimate of drug-likeness (QED) is 0.534. The van der Waals surface area contributed by atoms with E-state index in [4.69, 9.17) is 11.6 Å². The Morgan fingerprint density at radius 1 is 0.897 bits per heavy atom. The first-order valence-corrected chi connectivity index (χ1v) is 9.61. The first-order chi connectivity index (χ1) is 14.0. The Morgan fingerprint density at radius 2 is 1.59 bits per heavy atom. The number of hydrogen-bond donors (Lipinski definition) is 3. The molecule has 0 spiro atoms.